The van der Waals surface area contributed by atoms with Gasteiger partial charge in [0.25, 0.3) is 5.91 Å². The largest absolute Gasteiger partial charge is 0.507 e. The quantitative estimate of drug-likeness (QED) is 0.268. The van der Waals surface area contributed by atoms with E-state index in [1.807, 2.05) is 0 Å². The smallest absolute Gasteiger partial charge is 0.397 e. The molecule has 0 aliphatic rings. The van der Waals surface area contributed by atoms with Crippen LogP contribution in [-0.2, 0) is 20.9 Å². The van der Waals surface area contributed by atoms with E-state index in [4.69, 9.17) is 39.5 Å². The van der Waals surface area contributed by atoms with Gasteiger partial charge in [-0.05, 0) is 55.0 Å². The highest BCUT2D eigenvalue weighted by atomic mass is 35.5. The zero-order chi connectivity index (χ0) is 25.5. The first-order valence-corrected chi connectivity index (χ1v) is 11.3. The fraction of sp³-hybridized carbons (Fsp3) is 0.125. The summed E-state index contributed by atoms with van der Waals surface area (Å²) in [7, 11) is 0. The van der Waals surface area contributed by atoms with Crippen LogP contribution in [0.15, 0.2) is 54.6 Å². The first kappa shape index (κ1) is 26.2. The Morgan fingerprint density at radius 1 is 0.943 bits per heavy atom. The molecule has 3 rings (SSSR count). The molecule has 3 aromatic rings. The number of anilines is 1. The van der Waals surface area contributed by atoms with Gasteiger partial charge in [0.2, 0.25) is 0 Å². The highest BCUT2D eigenvalue weighted by Crippen LogP contribution is 2.39. The van der Waals surface area contributed by atoms with Crippen LogP contribution in [0.4, 0.5) is 5.69 Å². The predicted molar refractivity (Wildman–Crippen MR) is 133 cm³/mol. The number of benzene rings is 3. The number of phenols is 1. The molecule has 11 heteroatoms. The molecule has 0 unspecified atom stereocenters. The van der Waals surface area contributed by atoms with Gasteiger partial charge < -0.3 is 25.2 Å². The van der Waals surface area contributed by atoms with Crippen LogP contribution in [0.5, 0.6) is 17.2 Å². The summed E-state index contributed by atoms with van der Waals surface area (Å²) in [6.07, 6.45) is 0. The Labute approximate surface area is 215 Å². The molecule has 0 saturated carbocycles. The van der Waals surface area contributed by atoms with Gasteiger partial charge in [-0.3, -0.25) is 9.59 Å². The number of carbonyl (C=O) groups excluding carboxylic acids is 3. The third-order valence-corrected chi connectivity index (χ3v) is 5.33. The Morgan fingerprint density at radius 2 is 1.60 bits per heavy atom. The van der Waals surface area contributed by atoms with E-state index in [0.29, 0.717) is 5.02 Å². The second kappa shape index (κ2) is 11.8. The molecule has 3 aromatic carbocycles. The molecular weight excluding hydrogens is 519 g/mol. The third-order valence-electron chi connectivity index (χ3n) is 4.52. The molecule has 0 aliphatic carbocycles. The number of esters is 1. The summed E-state index contributed by atoms with van der Waals surface area (Å²) in [5.41, 5.74) is 0.948. The second-order valence-corrected chi connectivity index (χ2v) is 8.28. The number of aromatic hydroxyl groups is 1. The standard InChI is InChI=1S/C24H19Cl3N2O6/c1-2-34-24(33)23(32)29-15-9-18(26)21(19(27)10-15)35-16-7-8-20(30)17(11-16)22(31)28-12-13-3-5-14(25)6-4-13/h3-11,30H,2,12H2,1H3,(H,28,31)(H,29,32). The third kappa shape index (κ3) is 7.02. The maximum atomic E-state index is 12.6. The van der Waals surface area contributed by atoms with Crippen molar-refractivity contribution in [1.82, 2.24) is 5.32 Å². The normalized spacial score (nSPS) is 10.4. The van der Waals surface area contributed by atoms with Crippen molar-refractivity contribution in [2.24, 2.45) is 0 Å². The number of carbonyl (C=O) groups is 3. The van der Waals surface area contributed by atoms with E-state index >= 15 is 0 Å². The van der Waals surface area contributed by atoms with Crippen LogP contribution < -0.4 is 15.4 Å². The Morgan fingerprint density at radius 3 is 2.23 bits per heavy atom. The van der Waals surface area contributed by atoms with Gasteiger partial charge in [-0.25, -0.2) is 4.79 Å². The molecule has 0 bridgehead atoms. The van der Waals surface area contributed by atoms with Crippen molar-refractivity contribution < 1.29 is 29.0 Å². The number of halogens is 3. The van der Waals surface area contributed by atoms with Gasteiger partial charge in [0.05, 0.1) is 22.2 Å². The van der Waals surface area contributed by atoms with Gasteiger partial charge in [0, 0.05) is 17.3 Å². The maximum absolute atomic E-state index is 12.6. The fourth-order valence-electron chi connectivity index (χ4n) is 2.87. The van der Waals surface area contributed by atoms with Gasteiger partial charge in [-0.2, -0.15) is 0 Å². The van der Waals surface area contributed by atoms with E-state index in [1.54, 1.807) is 31.2 Å². The molecule has 0 radical (unpaired) electrons. The number of amides is 2. The number of phenolic OH excluding ortho intramolecular Hbond substituents is 1. The highest BCUT2D eigenvalue weighted by Gasteiger charge is 2.19. The lowest BCUT2D eigenvalue weighted by Crippen LogP contribution is -2.24. The topological polar surface area (TPSA) is 114 Å². The Balaban J connectivity index is 1.73. The summed E-state index contributed by atoms with van der Waals surface area (Å²) in [6, 6.07) is 13.7. The van der Waals surface area contributed by atoms with Crippen LogP contribution in [0, 0.1) is 0 Å². The molecule has 0 heterocycles. The molecule has 0 saturated heterocycles. The SMILES string of the molecule is CCOC(=O)C(=O)Nc1cc(Cl)c(Oc2ccc(O)c(C(=O)NCc3ccc(Cl)cc3)c2)c(Cl)c1. The lowest BCUT2D eigenvalue weighted by molar-refractivity contribution is -0.152. The predicted octanol–water partition coefficient (Wildman–Crippen LogP) is 5.58. The van der Waals surface area contributed by atoms with Crippen LogP contribution >= 0.6 is 34.8 Å². The summed E-state index contributed by atoms with van der Waals surface area (Å²) in [4.78, 5) is 35.9. The minimum absolute atomic E-state index is 0.0259. The minimum Gasteiger partial charge on any atom is -0.507 e. The number of nitrogens with one attached hydrogen (secondary N) is 2. The van der Waals surface area contributed by atoms with Crippen LogP contribution in [0.1, 0.15) is 22.8 Å². The molecular formula is C24H19Cl3N2O6. The molecule has 35 heavy (non-hydrogen) atoms. The van der Waals surface area contributed by atoms with E-state index in [1.165, 1.54) is 30.3 Å². The summed E-state index contributed by atoms with van der Waals surface area (Å²) in [5.74, 6) is -2.60. The summed E-state index contributed by atoms with van der Waals surface area (Å²) < 4.78 is 10.4. The monoisotopic (exact) mass is 536 g/mol. The molecule has 0 atom stereocenters. The van der Waals surface area contributed by atoms with Gasteiger partial charge in [-0.15, -0.1) is 0 Å². The number of rotatable bonds is 7. The molecule has 0 aliphatic heterocycles. The van der Waals surface area contributed by atoms with Crippen molar-refractivity contribution in [3.63, 3.8) is 0 Å². The lowest BCUT2D eigenvalue weighted by atomic mass is 10.1. The maximum Gasteiger partial charge on any atom is 0.397 e. The average Bonchev–Trinajstić information content (AvgIpc) is 2.82. The fourth-order valence-corrected chi connectivity index (χ4v) is 3.56. The lowest BCUT2D eigenvalue weighted by Gasteiger charge is -2.13. The van der Waals surface area contributed by atoms with E-state index in [-0.39, 0.29) is 51.7 Å². The van der Waals surface area contributed by atoms with Crippen molar-refractivity contribution >= 4 is 58.3 Å². The highest BCUT2D eigenvalue weighted by molar-refractivity contribution is 6.39. The zero-order valence-corrected chi connectivity index (χ0v) is 20.5. The Kier molecular flexibility index (Phi) is 8.81. The molecule has 0 aromatic heterocycles. The Hall–Kier alpha value is -3.46. The van der Waals surface area contributed by atoms with E-state index in [9.17, 15) is 19.5 Å². The summed E-state index contributed by atoms with van der Waals surface area (Å²) >= 11 is 18.4. The van der Waals surface area contributed by atoms with Gasteiger partial charge >= 0.3 is 11.9 Å². The molecule has 0 spiro atoms. The zero-order valence-electron chi connectivity index (χ0n) is 18.2. The van der Waals surface area contributed by atoms with Gasteiger partial charge in [0.15, 0.2) is 5.75 Å². The minimum atomic E-state index is -1.05. The Bertz CT molecular complexity index is 1240. The van der Waals surface area contributed by atoms with Crippen LogP contribution in [0.25, 0.3) is 0 Å². The first-order chi connectivity index (χ1) is 16.7. The van der Waals surface area contributed by atoms with Crippen molar-refractivity contribution in [2.75, 3.05) is 11.9 Å². The van der Waals surface area contributed by atoms with E-state index in [0.717, 1.165) is 5.56 Å². The molecule has 182 valence electrons. The number of hydrogen-bond acceptors (Lipinski definition) is 6. The molecule has 3 N–H and O–H groups in total. The summed E-state index contributed by atoms with van der Waals surface area (Å²) in [6.45, 7) is 1.84. The molecule has 8 nitrogen and oxygen atoms in total. The molecule has 0 fully saturated rings. The van der Waals surface area contributed by atoms with E-state index < -0.39 is 17.8 Å². The van der Waals surface area contributed by atoms with Crippen LogP contribution in [-0.4, -0.2) is 29.5 Å². The van der Waals surface area contributed by atoms with Crippen LogP contribution in [0.3, 0.4) is 0 Å². The van der Waals surface area contributed by atoms with Gasteiger partial charge in [0.1, 0.15) is 11.5 Å². The summed E-state index contributed by atoms with van der Waals surface area (Å²) in [5, 5.41) is 15.8. The van der Waals surface area contributed by atoms with E-state index in [2.05, 4.69) is 15.4 Å². The van der Waals surface area contributed by atoms with Gasteiger partial charge in [-0.1, -0.05) is 46.9 Å². The second-order valence-electron chi connectivity index (χ2n) is 7.03. The number of hydrogen-bond donors (Lipinski definition) is 3. The van der Waals surface area contributed by atoms with Crippen molar-refractivity contribution in [3.05, 3.63) is 80.8 Å². The first-order valence-electron chi connectivity index (χ1n) is 10.2. The average molecular weight is 538 g/mol. The van der Waals surface area contributed by atoms with Crippen molar-refractivity contribution in [2.45, 2.75) is 13.5 Å². The number of ether oxygens (including phenoxy) is 2. The van der Waals surface area contributed by atoms with Crippen molar-refractivity contribution in [1.29, 1.82) is 0 Å². The molecule has 2 amide bonds. The van der Waals surface area contributed by atoms with Crippen molar-refractivity contribution in [3.8, 4) is 17.2 Å². The van der Waals surface area contributed by atoms with Crippen LogP contribution in [0.2, 0.25) is 15.1 Å².